The largest absolute Gasteiger partial charge is 0.343 e. The van der Waals surface area contributed by atoms with Gasteiger partial charge in [-0.15, -0.1) is 0 Å². The molecule has 4 rings (SSSR count). The van der Waals surface area contributed by atoms with Crippen LogP contribution in [0, 0.1) is 0 Å². The van der Waals surface area contributed by atoms with Crippen LogP contribution in [0.2, 0.25) is 0 Å². The first-order valence-corrected chi connectivity index (χ1v) is 7.74. The fourth-order valence-corrected chi connectivity index (χ4v) is 3.30. The van der Waals surface area contributed by atoms with Gasteiger partial charge in [-0.05, 0) is 35.4 Å². The van der Waals surface area contributed by atoms with E-state index in [9.17, 15) is 4.79 Å². The molecule has 0 aliphatic carbocycles. The van der Waals surface area contributed by atoms with Crippen molar-refractivity contribution in [2.75, 3.05) is 13.1 Å². The molecule has 0 saturated heterocycles. The molecule has 3 heteroatoms. The molecule has 1 aromatic heterocycles. The molecule has 22 heavy (non-hydrogen) atoms. The van der Waals surface area contributed by atoms with Crippen molar-refractivity contribution < 1.29 is 4.79 Å². The SMILES string of the molecule is O=Cc1cccc(-c2ccc3c(c2)cc2n3CCNCC2)c1. The Bertz CT molecular complexity index is 848. The number of benzene rings is 2. The van der Waals surface area contributed by atoms with Crippen molar-refractivity contribution in [3.05, 3.63) is 59.8 Å². The third kappa shape index (κ3) is 2.24. The number of hydrogen-bond donors (Lipinski definition) is 1. The van der Waals surface area contributed by atoms with Crippen LogP contribution in [-0.4, -0.2) is 23.9 Å². The van der Waals surface area contributed by atoms with Gasteiger partial charge in [-0.2, -0.15) is 0 Å². The number of nitrogens with one attached hydrogen (secondary N) is 1. The van der Waals surface area contributed by atoms with Crippen molar-refractivity contribution in [3.63, 3.8) is 0 Å². The summed E-state index contributed by atoms with van der Waals surface area (Å²) in [6.45, 7) is 3.10. The Labute approximate surface area is 129 Å². The van der Waals surface area contributed by atoms with E-state index in [1.807, 2.05) is 18.2 Å². The molecule has 1 aliphatic rings. The second-order valence-electron chi connectivity index (χ2n) is 5.80. The minimum atomic E-state index is 0.719. The minimum Gasteiger partial charge on any atom is -0.343 e. The van der Waals surface area contributed by atoms with Crippen LogP contribution in [0.15, 0.2) is 48.5 Å². The van der Waals surface area contributed by atoms with Crippen LogP contribution in [-0.2, 0) is 13.0 Å². The highest BCUT2D eigenvalue weighted by Gasteiger charge is 2.12. The van der Waals surface area contributed by atoms with Gasteiger partial charge < -0.3 is 9.88 Å². The molecule has 0 radical (unpaired) electrons. The fraction of sp³-hybridized carbons (Fsp3) is 0.211. The van der Waals surface area contributed by atoms with E-state index in [2.05, 4.69) is 40.2 Å². The molecule has 3 nitrogen and oxygen atoms in total. The molecule has 2 heterocycles. The number of aromatic nitrogens is 1. The first-order chi connectivity index (χ1) is 10.8. The van der Waals surface area contributed by atoms with Gasteiger partial charge in [-0.25, -0.2) is 0 Å². The maximum absolute atomic E-state index is 11.0. The van der Waals surface area contributed by atoms with E-state index in [1.165, 1.54) is 16.6 Å². The van der Waals surface area contributed by atoms with Crippen molar-refractivity contribution in [1.29, 1.82) is 0 Å². The number of carbonyl (C=O) groups is 1. The van der Waals surface area contributed by atoms with Gasteiger partial charge in [0.1, 0.15) is 6.29 Å². The number of nitrogens with zero attached hydrogens (tertiary/aromatic N) is 1. The van der Waals surface area contributed by atoms with E-state index in [4.69, 9.17) is 0 Å². The zero-order chi connectivity index (χ0) is 14.9. The maximum atomic E-state index is 11.0. The smallest absolute Gasteiger partial charge is 0.150 e. The van der Waals surface area contributed by atoms with Gasteiger partial charge in [-0.3, -0.25) is 4.79 Å². The minimum absolute atomic E-state index is 0.719. The molecule has 0 saturated carbocycles. The van der Waals surface area contributed by atoms with Gasteiger partial charge in [0, 0.05) is 48.2 Å². The Morgan fingerprint density at radius 2 is 1.91 bits per heavy atom. The topological polar surface area (TPSA) is 34.0 Å². The van der Waals surface area contributed by atoms with Crippen LogP contribution in [0.1, 0.15) is 16.1 Å². The lowest BCUT2D eigenvalue weighted by molar-refractivity contribution is 0.112. The Morgan fingerprint density at radius 1 is 1.00 bits per heavy atom. The second-order valence-corrected chi connectivity index (χ2v) is 5.80. The summed E-state index contributed by atoms with van der Waals surface area (Å²) in [4.78, 5) is 11.0. The molecular weight excluding hydrogens is 272 g/mol. The van der Waals surface area contributed by atoms with Crippen molar-refractivity contribution in [1.82, 2.24) is 9.88 Å². The summed E-state index contributed by atoms with van der Waals surface area (Å²) >= 11 is 0. The van der Waals surface area contributed by atoms with Crippen molar-refractivity contribution in [3.8, 4) is 11.1 Å². The number of fused-ring (bicyclic) bond motifs is 3. The quantitative estimate of drug-likeness (QED) is 0.735. The Morgan fingerprint density at radius 3 is 2.82 bits per heavy atom. The lowest BCUT2D eigenvalue weighted by Crippen LogP contribution is -2.17. The molecule has 1 aliphatic heterocycles. The van der Waals surface area contributed by atoms with Crippen LogP contribution < -0.4 is 5.32 Å². The Kier molecular flexibility index (Phi) is 3.28. The van der Waals surface area contributed by atoms with E-state index in [0.717, 1.165) is 49.0 Å². The normalized spacial score (nSPS) is 14.5. The first-order valence-electron chi connectivity index (χ1n) is 7.74. The Balaban J connectivity index is 1.82. The number of rotatable bonds is 2. The highest BCUT2D eigenvalue weighted by Crippen LogP contribution is 2.28. The zero-order valence-electron chi connectivity index (χ0n) is 12.4. The van der Waals surface area contributed by atoms with Crippen LogP contribution in [0.3, 0.4) is 0 Å². The van der Waals surface area contributed by atoms with Gasteiger partial charge in [0.15, 0.2) is 0 Å². The molecule has 2 aromatic carbocycles. The molecule has 3 aromatic rings. The standard InChI is InChI=1S/C19H18N2O/c22-13-14-2-1-3-15(10-14)16-4-5-19-17(11-16)12-18-6-7-20-8-9-21(18)19/h1-5,10-13,20H,6-9H2. The average Bonchev–Trinajstić information content (AvgIpc) is 2.75. The van der Waals surface area contributed by atoms with E-state index < -0.39 is 0 Å². The highest BCUT2D eigenvalue weighted by molar-refractivity contribution is 5.87. The van der Waals surface area contributed by atoms with Crippen molar-refractivity contribution in [2.24, 2.45) is 0 Å². The lowest BCUT2D eigenvalue weighted by atomic mass is 10.0. The van der Waals surface area contributed by atoms with E-state index in [-0.39, 0.29) is 0 Å². The molecule has 1 N–H and O–H groups in total. The molecule has 0 atom stereocenters. The van der Waals surface area contributed by atoms with Gasteiger partial charge in [0.2, 0.25) is 0 Å². The third-order valence-electron chi connectivity index (χ3n) is 4.41. The van der Waals surface area contributed by atoms with Crippen LogP contribution >= 0.6 is 0 Å². The van der Waals surface area contributed by atoms with Gasteiger partial charge in [0.05, 0.1) is 0 Å². The molecule has 110 valence electrons. The lowest BCUT2D eigenvalue weighted by Gasteiger charge is -2.07. The number of aldehydes is 1. The Hall–Kier alpha value is -2.39. The molecule has 0 bridgehead atoms. The average molecular weight is 290 g/mol. The van der Waals surface area contributed by atoms with Gasteiger partial charge >= 0.3 is 0 Å². The molecule has 0 unspecified atom stereocenters. The van der Waals surface area contributed by atoms with E-state index >= 15 is 0 Å². The fourth-order valence-electron chi connectivity index (χ4n) is 3.30. The number of carbonyl (C=O) groups excluding carboxylic acids is 1. The molecule has 0 amide bonds. The predicted octanol–water partition coefficient (Wildman–Crippen LogP) is 3.27. The van der Waals surface area contributed by atoms with E-state index in [0.29, 0.717) is 0 Å². The van der Waals surface area contributed by atoms with Gasteiger partial charge in [0.25, 0.3) is 0 Å². The summed E-state index contributed by atoms with van der Waals surface area (Å²) in [5.41, 5.74) is 5.67. The van der Waals surface area contributed by atoms with Crippen LogP contribution in [0.4, 0.5) is 0 Å². The monoisotopic (exact) mass is 290 g/mol. The van der Waals surface area contributed by atoms with Crippen LogP contribution in [0.25, 0.3) is 22.0 Å². The summed E-state index contributed by atoms with van der Waals surface area (Å²) in [6.07, 6.45) is 1.97. The number of hydrogen-bond acceptors (Lipinski definition) is 2. The second kappa shape index (κ2) is 5.43. The summed E-state index contributed by atoms with van der Waals surface area (Å²) in [5.74, 6) is 0. The summed E-state index contributed by atoms with van der Waals surface area (Å²) < 4.78 is 2.42. The third-order valence-corrected chi connectivity index (χ3v) is 4.41. The molecular formula is C19H18N2O. The van der Waals surface area contributed by atoms with E-state index in [1.54, 1.807) is 0 Å². The first kappa shape index (κ1) is 13.3. The molecule has 0 fully saturated rings. The summed E-state index contributed by atoms with van der Waals surface area (Å²) in [5, 5.41) is 4.72. The summed E-state index contributed by atoms with van der Waals surface area (Å²) in [7, 11) is 0. The highest BCUT2D eigenvalue weighted by atomic mass is 16.1. The zero-order valence-corrected chi connectivity index (χ0v) is 12.4. The van der Waals surface area contributed by atoms with Gasteiger partial charge in [-0.1, -0.05) is 24.3 Å². The van der Waals surface area contributed by atoms with Crippen molar-refractivity contribution >= 4 is 17.2 Å². The summed E-state index contributed by atoms with van der Waals surface area (Å²) in [6, 6.07) is 16.7. The van der Waals surface area contributed by atoms with Crippen molar-refractivity contribution in [2.45, 2.75) is 13.0 Å². The maximum Gasteiger partial charge on any atom is 0.150 e. The molecule has 0 spiro atoms. The van der Waals surface area contributed by atoms with Crippen LogP contribution in [0.5, 0.6) is 0 Å². The predicted molar refractivity (Wildman–Crippen MR) is 89.3 cm³/mol.